The van der Waals surface area contributed by atoms with Crippen molar-refractivity contribution in [3.8, 4) is 0 Å². The quantitative estimate of drug-likeness (QED) is 0.276. The summed E-state index contributed by atoms with van der Waals surface area (Å²) < 4.78 is 5.31. The normalized spacial score (nSPS) is 13.5. The molecule has 0 aliphatic rings. The van der Waals surface area contributed by atoms with Crippen LogP contribution in [-0.2, 0) is 4.74 Å². The lowest BCUT2D eigenvalue weighted by molar-refractivity contribution is 0.0707. The van der Waals surface area contributed by atoms with Crippen LogP contribution in [0.5, 0.6) is 0 Å². The average Bonchev–Trinajstić information content (AvgIpc) is 2.01. The molecule has 0 radical (unpaired) electrons. The summed E-state index contributed by atoms with van der Waals surface area (Å²) in [6, 6.07) is 0. The van der Waals surface area contributed by atoms with Gasteiger partial charge < -0.3 is 9.94 Å². The molecule has 0 amide bonds. The van der Waals surface area contributed by atoms with E-state index >= 15 is 0 Å². The predicted molar refractivity (Wildman–Crippen MR) is 45.1 cm³/mol. The van der Waals surface area contributed by atoms with Crippen molar-refractivity contribution in [2.24, 2.45) is 5.16 Å². The first kappa shape index (κ1) is 10.2. The molecule has 0 saturated heterocycles. The monoisotopic (exact) mass is 157 g/mol. The van der Waals surface area contributed by atoms with Crippen molar-refractivity contribution >= 4 is 6.21 Å². The lowest BCUT2D eigenvalue weighted by Gasteiger charge is -2.11. The third kappa shape index (κ3) is 5.61. The summed E-state index contributed by atoms with van der Waals surface area (Å²) in [5, 5.41) is 11.0. The molecule has 0 aliphatic carbocycles. The fraction of sp³-hybridized carbons (Fsp3) is 0.625. The van der Waals surface area contributed by atoms with Gasteiger partial charge in [-0.2, -0.15) is 0 Å². The third-order valence-corrected chi connectivity index (χ3v) is 1.28. The van der Waals surface area contributed by atoms with Crippen LogP contribution in [0.15, 0.2) is 17.8 Å². The zero-order chi connectivity index (χ0) is 8.53. The Morgan fingerprint density at radius 1 is 1.64 bits per heavy atom. The minimum absolute atomic E-state index is 0.105. The number of ether oxygens (including phenoxy) is 1. The molecule has 3 heteroatoms. The second kappa shape index (κ2) is 7.28. The standard InChI is InChI=1S/C8H15NO2/c1-3-5-8(11-4-2)6-7-9-10/h3,7-8,10H,1,4-6H2,2H3/b9-7-. The maximum Gasteiger partial charge on any atom is 0.0659 e. The Morgan fingerprint density at radius 2 is 2.36 bits per heavy atom. The van der Waals surface area contributed by atoms with E-state index in [2.05, 4.69) is 11.7 Å². The zero-order valence-electron chi connectivity index (χ0n) is 6.86. The fourth-order valence-electron chi connectivity index (χ4n) is 0.819. The van der Waals surface area contributed by atoms with Crippen molar-refractivity contribution in [1.82, 2.24) is 0 Å². The van der Waals surface area contributed by atoms with Crippen molar-refractivity contribution in [2.75, 3.05) is 6.61 Å². The van der Waals surface area contributed by atoms with Crippen LogP contribution in [0.3, 0.4) is 0 Å². The topological polar surface area (TPSA) is 41.8 Å². The first-order chi connectivity index (χ1) is 5.35. The van der Waals surface area contributed by atoms with E-state index < -0.39 is 0 Å². The van der Waals surface area contributed by atoms with Gasteiger partial charge in [-0.3, -0.25) is 0 Å². The Balaban J connectivity index is 3.58. The smallest absolute Gasteiger partial charge is 0.0659 e. The number of hydrogen-bond acceptors (Lipinski definition) is 3. The molecule has 1 N–H and O–H groups in total. The predicted octanol–water partition coefficient (Wildman–Crippen LogP) is 1.82. The van der Waals surface area contributed by atoms with Gasteiger partial charge in [-0.25, -0.2) is 0 Å². The van der Waals surface area contributed by atoms with Crippen LogP contribution in [0, 0.1) is 0 Å². The third-order valence-electron chi connectivity index (χ3n) is 1.28. The molecule has 0 aliphatic heterocycles. The van der Waals surface area contributed by atoms with Crippen LogP contribution < -0.4 is 0 Å². The molecule has 64 valence electrons. The molecule has 0 aromatic heterocycles. The molecule has 0 saturated carbocycles. The highest BCUT2D eigenvalue weighted by atomic mass is 16.5. The molecule has 0 aromatic rings. The van der Waals surface area contributed by atoms with E-state index in [9.17, 15) is 0 Å². The summed E-state index contributed by atoms with van der Waals surface area (Å²) in [6.07, 6.45) is 4.76. The molecule has 0 heterocycles. The van der Waals surface area contributed by atoms with Crippen LogP contribution in [0.2, 0.25) is 0 Å². The zero-order valence-corrected chi connectivity index (χ0v) is 6.86. The second-order valence-electron chi connectivity index (χ2n) is 2.14. The Hall–Kier alpha value is -0.830. The van der Waals surface area contributed by atoms with Gasteiger partial charge in [-0.15, -0.1) is 11.7 Å². The van der Waals surface area contributed by atoms with Gasteiger partial charge in [0.15, 0.2) is 0 Å². The summed E-state index contributed by atoms with van der Waals surface area (Å²) in [5.74, 6) is 0. The van der Waals surface area contributed by atoms with Crippen LogP contribution in [0.25, 0.3) is 0 Å². The Bertz CT molecular complexity index is 123. The summed E-state index contributed by atoms with van der Waals surface area (Å²) in [4.78, 5) is 0. The van der Waals surface area contributed by atoms with Gasteiger partial charge in [0.1, 0.15) is 0 Å². The van der Waals surface area contributed by atoms with Crippen LogP contribution >= 0.6 is 0 Å². The van der Waals surface area contributed by atoms with Crippen molar-refractivity contribution in [3.63, 3.8) is 0 Å². The van der Waals surface area contributed by atoms with E-state index in [4.69, 9.17) is 9.94 Å². The van der Waals surface area contributed by atoms with Gasteiger partial charge >= 0.3 is 0 Å². The summed E-state index contributed by atoms with van der Waals surface area (Å²) in [6.45, 7) is 6.22. The lowest BCUT2D eigenvalue weighted by Crippen LogP contribution is -2.12. The molecule has 1 atom stereocenters. The second-order valence-corrected chi connectivity index (χ2v) is 2.14. The van der Waals surface area contributed by atoms with Crippen LogP contribution in [-0.4, -0.2) is 24.1 Å². The minimum atomic E-state index is 0.105. The van der Waals surface area contributed by atoms with Crippen molar-refractivity contribution in [2.45, 2.75) is 25.9 Å². The average molecular weight is 157 g/mol. The summed E-state index contributed by atoms with van der Waals surface area (Å²) >= 11 is 0. The molecule has 11 heavy (non-hydrogen) atoms. The highest BCUT2D eigenvalue weighted by Crippen LogP contribution is 2.02. The van der Waals surface area contributed by atoms with E-state index in [1.807, 2.05) is 6.92 Å². The SMILES string of the molecule is C=CCC(C/C=N\O)OCC. The van der Waals surface area contributed by atoms with E-state index in [1.54, 1.807) is 6.08 Å². The van der Waals surface area contributed by atoms with Crippen LogP contribution in [0.4, 0.5) is 0 Å². The maximum absolute atomic E-state index is 8.14. The number of rotatable bonds is 6. The molecule has 3 nitrogen and oxygen atoms in total. The van der Waals surface area contributed by atoms with Gasteiger partial charge in [0.05, 0.1) is 6.10 Å². The summed E-state index contributed by atoms with van der Waals surface area (Å²) in [7, 11) is 0. The van der Waals surface area contributed by atoms with E-state index in [-0.39, 0.29) is 6.10 Å². The van der Waals surface area contributed by atoms with Crippen LogP contribution in [0.1, 0.15) is 19.8 Å². The summed E-state index contributed by atoms with van der Waals surface area (Å²) in [5.41, 5.74) is 0. The molecule has 0 bridgehead atoms. The van der Waals surface area contributed by atoms with Gasteiger partial charge in [0.25, 0.3) is 0 Å². The van der Waals surface area contributed by atoms with Crippen molar-refractivity contribution in [3.05, 3.63) is 12.7 Å². The number of nitrogens with zero attached hydrogens (tertiary/aromatic N) is 1. The molecule has 1 unspecified atom stereocenters. The minimum Gasteiger partial charge on any atom is -0.411 e. The van der Waals surface area contributed by atoms with E-state index in [0.717, 1.165) is 6.42 Å². The highest BCUT2D eigenvalue weighted by molar-refractivity contribution is 5.56. The van der Waals surface area contributed by atoms with E-state index in [0.29, 0.717) is 13.0 Å². The maximum atomic E-state index is 8.14. The molecular formula is C8H15NO2. The van der Waals surface area contributed by atoms with E-state index in [1.165, 1.54) is 6.21 Å². The van der Waals surface area contributed by atoms with Crippen molar-refractivity contribution in [1.29, 1.82) is 0 Å². The van der Waals surface area contributed by atoms with Gasteiger partial charge in [0.2, 0.25) is 0 Å². The van der Waals surface area contributed by atoms with Crippen molar-refractivity contribution < 1.29 is 9.94 Å². The van der Waals surface area contributed by atoms with Gasteiger partial charge in [-0.05, 0) is 13.3 Å². The number of oxime groups is 1. The molecule has 0 spiro atoms. The lowest BCUT2D eigenvalue weighted by atomic mass is 10.2. The first-order valence-electron chi connectivity index (χ1n) is 3.73. The molecule has 0 aromatic carbocycles. The fourth-order valence-corrected chi connectivity index (χ4v) is 0.819. The first-order valence-corrected chi connectivity index (χ1v) is 3.73. The Morgan fingerprint density at radius 3 is 2.82 bits per heavy atom. The van der Waals surface area contributed by atoms with Gasteiger partial charge in [0, 0.05) is 19.2 Å². The number of hydrogen-bond donors (Lipinski definition) is 1. The van der Waals surface area contributed by atoms with Gasteiger partial charge in [-0.1, -0.05) is 6.08 Å². The Kier molecular flexibility index (Phi) is 6.73. The molecule has 0 rings (SSSR count). The Labute approximate surface area is 67.4 Å². The largest absolute Gasteiger partial charge is 0.411 e. The molecule has 0 fully saturated rings. The molecular weight excluding hydrogens is 142 g/mol. The highest BCUT2D eigenvalue weighted by Gasteiger charge is 2.03.